The second-order valence-corrected chi connectivity index (χ2v) is 5.33. The molecule has 0 fully saturated rings. The lowest BCUT2D eigenvalue weighted by Gasteiger charge is -2.41. The van der Waals surface area contributed by atoms with E-state index in [1.165, 1.54) is 0 Å². The van der Waals surface area contributed by atoms with Crippen LogP contribution in [0.5, 0.6) is 0 Å². The number of carboxylic acids is 1. The zero-order chi connectivity index (χ0) is 12.7. The van der Waals surface area contributed by atoms with Gasteiger partial charge in [-0.15, -0.1) is 11.8 Å². The lowest BCUT2D eigenvalue weighted by Crippen LogP contribution is -2.51. The number of carboxylic acid groups (broad SMARTS) is 1. The molecule has 94 valence electrons. The minimum absolute atomic E-state index is 0.502. The highest BCUT2D eigenvalue weighted by Gasteiger charge is 2.37. The summed E-state index contributed by atoms with van der Waals surface area (Å²) in [5.74, 6) is -1.56. The van der Waals surface area contributed by atoms with Crippen molar-refractivity contribution in [2.75, 3.05) is 29.1 Å². The van der Waals surface area contributed by atoms with Crippen molar-refractivity contribution in [1.82, 2.24) is 0 Å². The second-order valence-electron chi connectivity index (χ2n) is 4.27. The maximum Gasteiger partial charge on any atom is 0.374 e. The second kappa shape index (κ2) is 4.20. The normalized spacial score (nSPS) is 20.9. The number of rotatable bonds is 2. The first-order valence-corrected chi connectivity index (χ1v) is 6.70. The zero-order valence-corrected chi connectivity index (χ0v) is 10.4. The molecule has 1 aromatic rings. The fraction of sp³-hybridized carbons (Fsp3) is 0.333. The maximum absolute atomic E-state index is 11.7. The molecule has 1 unspecified atom stereocenters. The van der Waals surface area contributed by atoms with Crippen molar-refractivity contribution in [2.45, 2.75) is 10.9 Å². The molecule has 0 amide bonds. The molecule has 0 aromatic heterocycles. The molecule has 2 N–H and O–H groups in total. The van der Waals surface area contributed by atoms with E-state index < -0.39 is 17.8 Å². The molecule has 0 saturated carbocycles. The number of hydrogen-bond donors (Lipinski definition) is 2. The summed E-state index contributed by atoms with van der Waals surface area (Å²) in [6, 6.07) is 5.38. The Hall–Kier alpha value is -1.69. The first-order chi connectivity index (χ1) is 8.68. The highest BCUT2D eigenvalue weighted by molar-refractivity contribution is 7.99. The topological polar surface area (TPSA) is 69.6 Å². The lowest BCUT2D eigenvalue weighted by atomic mass is 10.1. The van der Waals surface area contributed by atoms with Crippen LogP contribution >= 0.6 is 11.8 Å². The number of hydrogen-bond acceptors (Lipinski definition) is 5. The van der Waals surface area contributed by atoms with E-state index in [2.05, 4.69) is 5.32 Å². The van der Waals surface area contributed by atoms with E-state index in [1.54, 1.807) is 11.8 Å². The largest absolute Gasteiger partial charge is 0.475 e. The quantitative estimate of drug-likeness (QED) is 0.778. The number of nitrogens with zero attached hydrogens (tertiary/aromatic N) is 1. The van der Waals surface area contributed by atoms with Crippen molar-refractivity contribution in [2.24, 2.45) is 0 Å². The van der Waals surface area contributed by atoms with Crippen molar-refractivity contribution in [3.8, 4) is 0 Å². The van der Waals surface area contributed by atoms with Crippen LogP contribution < -0.4 is 10.2 Å². The summed E-state index contributed by atoms with van der Waals surface area (Å²) in [5.41, 5.74) is 1.95. The summed E-state index contributed by atoms with van der Waals surface area (Å²) in [6.07, 6.45) is 0. The molecular formula is C12H12N2O3S. The summed E-state index contributed by atoms with van der Waals surface area (Å²) >= 11 is 1.54. The van der Waals surface area contributed by atoms with Crippen molar-refractivity contribution in [1.29, 1.82) is 0 Å². The van der Waals surface area contributed by atoms with Crippen LogP contribution in [0.3, 0.4) is 0 Å². The van der Waals surface area contributed by atoms with Crippen molar-refractivity contribution in [3.63, 3.8) is 0 Å². The molecule has 3 rings (SSSR count). The molecule has 5 nitrogen and oxygen atoms in total. The Kier molecular flexibility index (Phi) is 2.66. The maximum atomic E-state index is 11.7. The van der Waals surface area contributed by atoms with Gasteiger partial charge in [0.2, 0.25) is 0 Å². The van der Waals surface area contributed by atoms with Gasteiger partial charge in [-0.25, -0.2) is 4.79 Å². The molecule has 6 heteroatoms. The van der Waals surface area contributed by atoms with Gasteiger partial charge in [0.15, 0.2) is 0 Å². The highest BCUT2D eigenvalue weighted by Crippen LogP contribution is 2.43. The molecule has 0 aliphatic carbocycles. The Bertz CT molecular complexity index is 518. The molecule has 1 atom stereocenters. The number of thioether (sulfide) groups is 1. The molecule has 2 aliphatic rings. The highest BCUT2D eigenvalue weighted by atomic mass is 32.2. The van der Waals surface area contributed by atoms with Gasteiger partial charge in [0, 0.05) is 23.7 Å². The average molecular weight is 264 g/mol. The Balaban J connectivity index is 2.04. The number of para-hydroxylation sites is 1. The van der Waals surface area contributed by atoms with E-state index in [1.807, 2.05) is 23.1 Å². The predicted octanol–water partition coefficient (Wildman–Crippen LogP) is 1.05. The van der Waals surface area contributed by atoms with Crippen LogP contribution in [0, 0.1) is 0 Å². The number of nitrogens with one attached hydrogen (secondary N) is 1. The number of carbonyl (C=O) groups is 2. The molecule has 0 saturated heterocycles. The van der Waals surface area contributed by atoms with Crippen molar-refractivity contribution >= 4 is 34.9 Å². The Morgan fingerprint density at radius 2 is 2.28 bits per heavy atom. The van der Waals surface area contributed by atoms with Gasteiger partial charge in [0.05, 0.1) is 11.4 Å². The average Bonchev–Trinajstić information content (AvgIpc) is 2.39. The van der Waals surface area contributed by atoms with E-state index in [4.69, 9.17) is 5.11 Å². The first-order valence-electron chi connectivity index (χ1n) is 5.72. The fourth-order valence-corrected chi connectivity index (χ4v) is 3.64. The molecule has 2 heterocycles. The van der Waals surface area contributed by atoms with Gasteiger partial charge in [-0.1, -0.05) is 6.07 Å². The van der Waals surface area contributed by atoms with Crippen LogP contribution in [0.1, 0.15) is 0 Å². The molecule has 0 bridgehead atoms. The zero-order valence-electron chi connectivity index (χ0n) is 9.55. The summed E-state index contributed by atoms with van der Waals surface area (Å²) in [4.78, 5) is 25.6. The third kappa shape index (κ3) is 1.64. The van der Waals surface area contributed by atoms with Crippen molar-refractivity contribution in [3.05, 3.63) is 18.2 Å². The predicted molar refractivity (Wildman–Crippen MR) is 69.4 cm³/mol. The minimum Gasteiger partial charge on any atom is -0.475 e. The molecule has 2 aliphatic heterocycles. The Morgan fingerprint density at radius 1 is 1.44 bits per heavy atom. The van der Waals surface area contributed by atoms with E-state index in [0.717, 1.165) is 22.8 Å². The van der Waals surface area contributed by atoms with Crippen LogP contribution in [0.25, 0.3) is 0 Å². The number of anilines is 2. The van der Waals surface area contributed by atoms with Gasteiger partial charge in [-0.05, 0) is 12.1 Å². The smallest absolute Gasteiger partial charge is 0.374 e. The van der Waals surface area contributed by atoms with Gasteiger partial charge in [0.25, 0.3) is 5.78 Å². The van der Waals surface area contributed by atoms with Gasteiger partial charge in [-0.2, -0.15) is 0 Å². The lowest BCUT2D eigenvalue weighted by molar-refractivity contribution is -0.149. The third-order valence-electron chi connectivity index (χ3n) is 3.24. The number of aliphatic carboxylic acids is 1. The number of Topliss-reactive ketones (excluding diaryl/α,β-unsaturated/α-hetero) is 1. The van der Waals surface area contributed by atoms with Gasteiger partial charge in [-0.3, -0.25) is 4.79 Å². The van der Waals surface area contributed by atoms with E-state index in [9.17, 15) is 9.59 Å². The Morgan fingerprint density at radius 3 is 3.06 bits per heavy atom. The van der Waals surface area contributed by atoms with Crippen LogP contribution in [-0.4, -0.2) is 41.7 Å². The number of ketones is 1. The van der Waals surface area contributed by atoms with Crippen LogP contribution in [0.2, 0.25) is 0 Å². The number of carbonyl (C=O) groups excluding carboxylic acids is 1. The van der Waals surface area contributed by atoms with Crippen LogP contribution in [0.15, 0.2) is 23.1 Å². The Labute approximate surface area is 108 Å². The molecule has 0 spiro atoms. The standard InChI is InChI=1S/C12H12N2O3S/c15-11(12(16)17)8-6-18-9-3-1-2-7-10(9)14(8)5-4-13-7/h1-3,8,13H,4-6H2,(H,16,17). The molecule has 0 radical (unpaired) electrons. The SMILES string of the molecule is O=C(O)C(=O)C1CSc2cccc3c2N1CCN3. The summed E-state index contributed by atoms with van der Waals surface area (Å²) < 4.78 is 0. The van der Waals surface area contributed by atoms with E-state index in [0.29, 0.717) is 12.3 Å². The summed E-state index contributed by atoms with van der Waals surface area (Å²) in [5, 5.41) is 12.2. The summed E-state index contributed by atoms with van der Waals surface area (Å²) in [6.45, 7) is 1.39. The molecule has 1 aromatic carbocycles. The van der Waals surface area contributed by atoms with Gasteiger partial charge < -0.3 is 15.3 Å². The van der Waals surface area contributed by atoms with E-state index in [-0.39, 0.29) is 0 Å². The van der Waals surface area contributed by atoms with E-state index >= 15 is 0 Å². The van der Waals surface area contributed by atoms with Gasteiger partial charge >= 0.3 is 5.97 Å². The van der Waals surface area contributed by atoms with Crippen molar-refractivity contribution < 1.29 is 14.7 Å². The first kappa shape index (κ1) is 11.4. The molecule has 18 heavy (non-hydrogen) atoms. The van der Waals surface area contributed by atoms with Gasteiger partial charge in [0.1, 0.15) is 6.04 Å². The minimum atomic E-state index is -1.35. The monoisotopic (exact) mass is 264 g/mol. The van der Waals surface area contributed by atoms with Crippen LogP contribution in [0.4, 0.5) is 11.4 Å². The fourth-order valence-electron chi connectivity index (χ4n) is 2.43. The third-order valence-corrected chi connectivity index (χ3v) is 4.36. The molecular weight excluding hydrogens is 252 g/mol. The number of benzene rings is 1. The summed E-state index contributed by atoms with van der Waals surface area (Å²) in [7, 11) is 0. The van der Waals surface area contributed by atoms with Crippen LogP contribution in [-0.2, 0) is 9.59 Å².